The molecule has 1 aromatic carbocycles. The molecule has 10 heteroatoms. The van der Waals surface area contributed by atoms with Crippen LogP contribution in [0.4, 0.5) is 5.95 Å². The highest BCUT2D eigenvalue weighted by atomic mass is 32.2. The molecular weight excluding hydrogens is 368 g/mol. The molecule has 0 atom stereocenters. The summed E-state index contributed by atoms with van der Waals surface area (Å²) in [5.74, 6) is 0.364. The second-order valence-corrected chi connectivity index (χ2v) is 8.61. The number of nitrogens with zero attached hydrogens (tertiary/aromatic N) is 4. The van der Waals surface area contributed by atoms with Crippen molar-refractivity contribution in [2.45, 2.75) is 18.9 Å². The van der Waals surface area contributed by atoms with E-state index in [0.29, 0.717) is 42.9 Å². The van der Waals surface area contributed by atoms with Crippen LogP contribution in [0.25, 0.3) is 16.7 Å². The number of hydrogen-bond donors (Lipinski definition) is 2. The predicted octanol–water partition coefficient (Wildman–Crippen LogP) is 0.945. The van der Waals surface area contributed by atoms with Crippen LogP contribution in [-0.4, -0.2) is 57.9 Å². The van der Waals surface area contributed by atoms with Gasteiger partial charge in [0.05, 0.1) is 18.1 Å². The molecule has 0 bridgehead atoms. The van der Waals surface area contributed by atoms with Crippen molar-refractivity contribution in [3.8, 4) is 5.69 Å². The monoisotopic (exact) mass is 388 g/mol. The molecule has 0 spiro atoms. The zero-order valence-corrected chi connectivity index (χ0v) is 15.6. The van der Waals surface area contributed by atoms with Crippen LogP contribution < -0.4 is 10.9 Å². The number of benzene rings is 1. The van der Waals surface area contributed by atoms with E-state index in [0.717, 1.165) is 5.69 Å². The highest BCUT2D eigenvalue weighted by molar-refractivity contribution is 7.88. The van der Waals surface area contributed by atoms with E-state index < -0.39 is 10.0 Å². The maximum Gasteiger partial charge on any atom is 0.263 e. The minimum absolute atomic E-state index is 0.0386. The first-order chi connectivity index (χ1) is 12.9. The van der Waals surface area contributed by atoms with Gasteiger partial charge >= 0.3 is 0 Å². The van der Waals surface area contributed by atoms with Crippen LogP contribution in [0.3, 0.4) is 0 Å². The summed E-state index contributed by atoms with van der Waals surface area (Å²) >= 11 is 0. The first-order valence-electron chi connectivity index (χ1n) is 8.67. The Morgan fingerprint density at radius 1 is 1.19 bits per heavy atom. The van der Waals surface area contributed by atoms with E-state index in [1.165, 1.54) is 16.8 Å². The number of hydrogen-bond acceptors (Lipinski definition) is 6. The van der Waals surface area contributed by atoms with Gasteiger partial charge in [-0.25, -0.2) is 17.4 Å². The maximum atomic E-state index is 12.4. The second kappa shape index (κ2) is 6.78. The summed E-state index contributed by atoms with van der Waals surface area (Å²) in [5, 5.41) is 7.92. The summed E-state index contributed by atoms with van der Waals surface area (Å²) in [7, 11) is -3.17. The summed E-state index contributed by atoms with van der Waals surface area (Å²) in [6.07, 6.45) is 4.01. The molecule has 0 unspecified atom stereocenters. The minimum atomic E-state index is -3.17. The predicted molar refractivity (Wildman–Crippen MR) is 103 cm³/mol. The lowest BCUT2D eigenvalue weighted by atomic mass is 10.1. The standard InChI is InChI=1S/C17H20N6O3S/c1-27(25,26)22-9-7-12(8-10-22)19-17-20-15-14(16(24)21-17)11-18-23(15)13-5-3-2-4-6-13/h2-6,11-12H,7-10H2,1H3,(H2,19,20,21,24). The Labute approximate surface area is 156 Å². The lowest BCUT2D eigenvalue weighted by molar-refractivity contribution is 0.331. The molecule has 1 fully saturated rings. The average molecular weight is 388 g/mol. The second-order valence-electron chi connectivity index (χ2n) is 6.62. The Hall–Kier alpha value is -2.72. The molecule has 9 nitrogen and oxygen atoms in total. The molecule has 2 N–H and O–H groups in total. The van der Waals surface area contributed by atoms with Gasteiger partial charge in [-0.1, -0.05) is 18.2 Å². The summed E-state index contributed by atoms with van der Waals surface area (Å²) in [4.78, 5) is 19.7. The van der Waals surface area contributed by atoms with E-state index in [1.807, 2.05) is 30.3 Å². The average Bonchev–Trinajstić information content (AvgIpc) is 3.07. The Morgan fingerprint density at radius 3 is 2.56 bits per heavy atom. The van der Waals surface area contributed by atoms with Crippen LogP contribution in [0.5, 0.6) is 0 Å². The number of anilines is 1. The molecule has 27 heavy (non-hydrogen) atoms. The largest absolute Gasteiger partial charge is 0.353 e. The Kier molecular flexibility index (Phi) is 4.44. The van der Waals surface area contributed by atoms with E-state index in [1.54, 1.807) is 4.68 Å². The fourth-order valence-corrected chi connectivity index (χ4v) is 4.14. The molecule has 4 rings (SSSR count). The smallest absolute Gasteiger partial charge is 0.263 e. The third kappa shape index (κ3) is 3.58. The van der Waals surface area contributed by atoms with Crippen molar-refractivity contribution >= 4 is 27.0 Å². The van der Waals surface area contributed by atoms with Gasteiger partial charge in [-0.2, -0.15) is 10.1 Å². The van der Waals surface area contributed by atoms with Crippen molar-refractivity contribution in [2.75, 3.05) is 24.7 Å². The quantitative estimate of drug-likeness (QED) is 0.688. The van der Waals surface area contributed by atoms with E-state index >= 15 is 0 Å². The lowest BCUT2D eigenvalue weighted by Gasteiger charge is -2.30. The Balaban J connectivity index is 1.59. The van der Waals surface area contributed by atoms with Crippen molar-refractivity contribution < 1.29 is 8.42 Å². The number of fused-ring (bicyclic) bond motifs is 1. The van der Waals surface area contributed by atoms with Gasteiger partial charge in [0.2, 0.25) is 16.0 Å². The SMILES string of the molecule is CS(=O)(=O)N1CCC(Nc2nc3c(cnn3-c3ccccc3)c(=O)[nH]2)CC1. The summed E-state index contributed by atoms with van der Waals surface area (Å²) in [6, 6.07) is 9.52. The fraction of sp³-hybridized carbons (Fsp3) is 0.353. The van der Waals surface area contributed by atoms with Crippen LogP contribution in [0.1, 0.15) is 12.8 Å². The number of aromatic amines is 1. The van der Waals surface area contributed by atoms with Crippen LogP contribution >= 0.6 is 0 Å². The number of piperidine rings is 1. The number of sulfonamides is 1. The topological polar surface area (TPSA) is 113 Å². The molecule has 0 radical (unpaired) electrons. The molecule has 1 aliphatic rings. The molecular formula is C17H20N6O3S. The van der Waals surface area contributed by atoms with Crippen molar-refractivity contribution in [1.82, 2.24) is 24.1 Å². The first kappa shape index (κ1) is 17.7. The minimum Gasteiger partial charge on any atom is -0.353 e. The molecule has 0 saturated carbocycles. The van der Waals surface area contributed by atoms with Gasteiger partial charge in [0, 0.05) is 19.1 Å². The third-order valence-electron chi connectivity index (χ3n) is 4.70. The molecule has 3 heterocycles. The Bertz CT molecular complexity index is 1110. The summed E-state index contributed by atoms with van der Waals surface area (Å²) in [6.45, 7) is 0.899. The zero-order chi connectivity index (χ0) is 19.0. The molecule has 1 saturated heterocycles. The summed E-state index contributed by atoms with van der Waals surface area (Å²) in [5.41, 5.74) is 1.03. The number of rotatable bonds is 4. The molecule has 142 valence electrons. The van der Waals surface area contributed by atoms with Crippen molar-refractivity contribution in [3.63, 3.8) is 0 Å². The number of aromatic nitrogens is 4. The van der Waals surface area contributed by atoms with Crippen molar-refractivity contribution in [3.05, 3.63) is 46.9 Å². The van der Waals surface area contributed by atoms with Gasteiger partial charge < -0.3 is 5.32 Å². The lowest BCUT2D eigenvalue weighted by Crippen LogP contribution is -2.42. The van der Waals surface area contributed by atoms with Gasteiger partial charge in [-0.05, 0) is 25.0 Å². The van der Waals surface area contributed by atoms with Crippen LogP contribution in [0, 0.1) is 0 Å². The third-order valence-corrected chi connectivity index (χ3v) is 6.01. The molecule has 2 aromatic heterocycles. The van der Waals surface area contributed by atoms with Crippen LogP contribution in [0.15, 0.2) is 41.3 Å². The first-order valence-corrected chi connectivity index (χ1v) is 10.5. The van der Waals surface area contributed by atoms with E-state index in [2.05, 4.69) is 20.4 Å². The number of H-pyrrole nitrogens is 1. The van der Waals surface area contributed by atoms with E-state index in [9.17, 15) is 13.2 Å². The van der Waals surface area contributed by atoms with Crippen molar-refractivity contribution in [1.29, 1.82) is 0 Å². The fourth-order valence-electron chi connectivity index (χ4n) is 3.27. The normalized spacial score (nSPS) is 16.6. The maximum absolute atomic E-state index is 12.4. The van der Waals surface area contributed by atoms with Gasteiger partial charge in [0.1, 0.15) is 5.39 Å². The number of nitrogens with one attached hydrogen (secondary N) is 2. The van der Waals surface area contributed by atoms with Crippen LogP contribution in [0.2, 0.25) is 0 Å². The molecule has 3 aromatic rings. The molecule has 1 aliphatic heterocycles. The van der Waals surface area contributed by atoms with Gasteiger partial charge in [0.25, 0.3) is 5.56 Å². The highest BCUT2D eigenvalue weighted by Gasteiger charge is 2.25. The highest BCUT2D eigenvalue weighted by Crippen LogP contribution is 2.18. The van der Waals surface area contributed by atoms with Crippen molar-refractivity contribution in [2.24, 2.45) is 0 Å². The van der Waals surface area contributed by atoms with Gasteiger partial charge in [-0.15, -0.1) is 0 Å². The van der Waals surface area contributed by atoms with Gasteiger partial charge in [-0.3, -0.25) is 9.78 Å². The van der Waals surface area contributed by atoms with E-state index in [4.69, 9.17) is 0 Å². The molecule has 0 amide bonds. The Morgan fingerprint density at radius 2 is 1.89 bits per heavy atom. The van der Waals surface area contributed by atoms with Crippen LogP contribution in [-0.2, 0) is 10.0 Å². The van der Waals surface area contributed by atoms with Gasteiger partial charge in [0.15, 0.2) is 5.65 Å². The van der Waals surface area contributed by atoms with E-state index in [-0.39, 0.29) is 11.6 Å². The summed E-state index contributed by atoms with van der Waals surface area (Å²) < 4.78 is 26.3. The zero-order valence-electron chi connectivity index (χ0n) is 14.8. The number of para-hydroxylation sites is 1. The molecule has 0 aliphatic carbocycles.